The molecule has 0 spiro atoms. The number of anilines is 10. The first-order chi connectivity index (χ1) is 68.3. The van der Waals surface area contributed by atoms with Gasteiger partial charge in [-0.25, -0.2) is 0 Å². The van der Waals surface area contributed by atoms with Gasteiger partial charge in [-0.1, -0.05) is 377 Å². The summed E-state index contributed by atoms with van der Waals surface area (Å²) < 4.78 is 14.0. The van der Waals surface area contributed by atoms with Crippen LogP contribution in [0.25, 0.3) is 52.7 Å². The highest BCUT2D eigenvalue weighted by molar-refractivity contribution is 9.10. The van der Waals surface area contributed by atoms with E-state index in [0.717, 1.165) is 262 Å². The Bertz CT molecular complexity index is 5690. The molecule has 4 aliphatic rings. The van der Waals surface area contributed by atoms with Crippen LogP contribution < -0.4 is 38.9 Å². The number of allylic oxidation sites excluding steroid dienone is 1. The molecule has 4 unspecified atom stereocenters. The Morgan fingerprint density at radius 2 is 0.564 bits per heavy atom. The number of carbonyl (C=O) groups excluding carboxylic acids is 4. The van der Waals surface area contributed by atoms with E-state index in [4.69, 9.17) is 9.47 Å². The van der Waals surface area contributed by atoms with Crippen molar-refractivity contribution in [2.24, 2.45) is 23.7 Å². The molecule has 738 valence electrons. The van der Waals surface area contributed by atoms with Gasteiger partial charge in [0.1, 0.15) is 11.5 Å². The van der Waals surface area contributed by atoms with Crippen molar-refractivity contribution < 1.29 is 28.7 Å². The van der Waals surface area contributed by atoms with Gasteiger partial charge in [-0.15, -0.1) is 0 Å². The molecule has 0 bridgehead atoms. The fraction of sp³-hybridized carbons (Fsp3) is 0.397. The Morgan fingerprint density at radius 3 is 0.879 bits per heavy atom. The molecule has 12 nitrogen and oxygen atoms in total. The number of ether oxygens (including phenoxy) is 2. The molecule has 10 aromatic carbocycles. The lowest BCUT2D eigenvalue weighted by atomic mass is 9.95. The van der Waals surface area contributed by atoms with Crippen molar-refractivity contribution in [3.05, 3.63) is 302 Å². The lowest BCUT2D eigenvalue weighted by Gasteiger charge is -2.26. The van der Waals surface area contributed by atoms with Gasteiger partial charge in [0, 0.05) is 91.5 Å². The van der Waals surface area contributed by atoms with Crippen LogP contribution in [0.5, 0.6) is 11.5 Å². The average Bonchev–Trinajstić information content (AvgIpc) is 1.57. The van der Waals surface area contributed by atoms with Gasteiger partial charge in [0.15, 0.2) is 0 Å². The first-order valence-corrected chi connectivity index (χ1v) is 54.5. The molecule has 0 N–H and O–H groups in total. The van der Waals surface area contributed by atoms with Gasteiger partial charge in [0.25, 0.3) is 23.6 Å². The lowest BCUT2D eigenvalue weighted by molar-refractivity contribution is -0.114. The molecule has 4 aliphatic heterocycles. The van der Waals surface area contributed by atoms with Crippen molar-refractivity contribution >= 4 is 165 Å². The van der Waals surface area contributed by atoms with Crippen LogP contribution in [0.2, 0.25) is 0 Å². The van der Waals surface area contributed by atoms with E-state index >= 15 is 4.79 Å². The first-order valence-electron chi connectivity index (χ1n) is 52.9. The van der Waals surface area contributed by atoms with Crippen molar-refractivity contribution in [1.29, 1.82) is 0 Å². The van der Waals surface area contributed by atoms with E-state index in [1.54, 1.807) is 0 Å². The third kappa shape index (κ3) is 28.1. The molecule has 0 aliphatic carbocycles. The monoisotopic (exact) mass is 2010 g/mol. The summed E-state index contributed by atoms with van der Waals surface area (Å²) in [7, 11) is 0. The largest absolute Gasteiger partial charge is 0.494 e. The second kappa shape index (κ2) is 55.2. The molecule has 14 rings (SSSR count). The lowest BCUT2D eigenvalue weighted by Crippen LogP contribution is -2.34. The molecule has 0 saturated heterocycles. The summed E-state index contributed by atoms with van der Waals surface area (Å²) in [5.41, 5.74) is 22.3. The van der Waals surface area contributed by atoms with E-state index in [2.05, 4.69) is 337 Å². The highest BCUT2D eigenvalue weighted by atomic mass is 79.9. The summed E-state index contributed by atoms with van der Waals surface area (Å²) >= 11 is 7.23. The summed E-state index contributed by atoms with van der Waals surface area (Å²) in [5.74, 6) is 3.22. The molecular weight excluding hydrogens is 1850 g/mol. The molecule has 0 radical (unpaired) electrons. The first kappa shape index (κ1) is 108. The Labute approximate surface area is 856 Å². The van der Waals surface area contributed by atoms with Crippen molar-refractivity contribution in [3.63, 3.8) is 0 Å². The second-order valence-electron chi connectivity index (χ2n) is 38.4. The minimum Gasteiger partial charge on any atom is -0.494 e. The van der Waals surface area contributed by atoms with Crippen LogP contribution in [0, 0.1) is 30.6 Å². The maximum absolute atomic E-state index is 15.0. The molecule has 4 atom stereocenters. The molecule has 0 fully saturated rings. The Balaban J connectivity index is 0.000000209. The summed E-state index contributed by atoms with van der Waals surface area (Å²) in [6.45, 7) is 38.3. The average molecular weight is 2010 g/mol. The van der Waals surface area contributed by atoms with Crippen LogP contribution in [0.15, 0.2) is 247 Å². The number of hydrogen-bond donors (Lipinski definition) is 0. The molecule has 0 saturated carbocycles. The number of hydrogen-bond acceptors (Lipinski definition) is 8. The number of rotatable bonds is 51. The zero-order valence-electron chi connectivity index (χ0n) is 85.9. The standard InChI is InChI=1S/C64H79N3O3.C32H40Br2N2O2.C30H35NO/c1-8-14-17-18-19-20-42-70-56-38-36-55(37-39-56)67(53-32-27-50(21-11-4)28-33-53)54-34-29-51(30-35-54)25-26-52-31-41-58-60(44-52)66(46-49(13-6)23-16-10-3)64(69)62(58)61-57-40-24-47(7)43-59(57)65(63(61)68)45-48(12-5)22-15-9-2;1-5-9-11-21(7-3)19-35-27-17-23(33)13-15-25(27)29(31(35)37)30-26-16-14-24(34)18-28(26)36(32(30)38)20-22(8-4)12-10-6-2;1-4-7-8-9-10-11-24-32-30-22-20-29(21-23-30)31(27-16-12-25(5-2)13-17-27)28-18-14-26(6-3)15-19-28/h11,21,24-41,43-44,48-49H,8-10,12-20,22-23,42,45-46H2,1-7H3;13-18,21-22H,5-12,19-20H2,1-4H3;5-6,12-23H,2-4,7-11,24H2,1H3/b21-11+,26-25+,62-61+;30-29+;. The molecule has 14 heteroatoms. The highest BCUT2D eigenvalue weighted by Crippen LogP contribution is 2.52. The normalized spacial score (nSPS) is 15.0. The fourth-order valence-electron chi connectivity index (χ4n) is 19.7. The van der Waals surface area contributed by atoms with Crippen LogP contribution in [0.3, 0.4) is 0 Å². The van der Waals surface area contributed by atoms with Crippen molar-refractivity contribution in [2.45, 2.75) is 263 Å². The van der Waals surface area contributed by atoms with Crippen LogP contribution in [0.4, 0.5) is 56.9 Å². The van der Waals surface area contributed by atoms with Gasteiger partial charge in [0.2, 0.25) is 0 Å². The molecule has 4 amide bonds. The van der Waals surface area contributed by atoms with E-state index in [0.29, 0.717) is 72.1 Å². The molecular formula is C126H154Br2N6O6. The Morgan fingerprint density at radius 1 is 0.300 bits per heavy atom. The van der Waals surface area contributed by atoms with Crippen LogP contribution in [-0.4, -0.2) is 63.0 Å². The second-order valence-corrected chi connectivity index (χ2v) is 40.3. The quantitative estimate of drug-likeness (QED) is 0.0211. The maximum Gasteiger partial charge on any atom is 0.259 e. The van der Waals surface area contributed by atoms with Gasteiger partial charge < -0.3 is 38.9 Å². The predicted molar refractivity (Wildman–Crippen MR) is 606 cm³/mol. The molecule has 0 aromatic heterocycles. The number of unbranched alkanes of at least 4 members (excludes halogenated alkanes) is 14. The molecule has 140 heavy (non-hydrogen) atoms. The summed E-state index contributed by atoms with van der Waals surface area (Å²) in [5, 5.41) is 0. The topological polar surface area (TPSA) is 106 Å². The SMILES string of the molecule is C/C=C/c1ccc(N(c2ccc(/C=C/c3ccc4c(c3)N(CC(CC)CCCC)C(=O)/C4=C3/C(=O)N(CC(CC)CCCC)c4cc(C)ccc43)cc2)c2ccc(OCCCCCCCC)cc2)cc1.C=Cc1ccc(N(c2ccc(C=C)cc2)c2ccc(OCCCCCCCC)cc2)cc1.CCCCC(CC)CN1C(=O)/C(=C2/C(=O)N(CC(CC)CCCC)c3cc(Br)ccc32)c2ccc(Br)cc21. The van der Waals surface area contributed by atoms with E-state index in [1.165, 1.54) is 64.2 Å². The highest BCUT2D eigenvalue weighted by Gasteiger charge is 2.46. The number of benzene rings is 10. The van der Waals surface area contributed by atoms with E-state index < -0.39 is 0 Å². The van der Waals surface area contributed by atoms with E-state index in [9.17, 15) is 14.4 Å². The molecule has 10 aromatic rings. The van der Waals surface area contributed by atoms with Crippen LogP contribution in [-0.2, 0) is 19.2 Å². The van der Waals surface area contributed by atoms with Gasteiger partial charge in [-0.05, 0) is 243 Å². The van der Waals surface area contributed by atoms with Crippen molar-refractivity contribution in [2.75, 3.05) is 68.8 Å². The minimum atomic E-state index is -0.0622. The van der Waals surface area contributed by atoms with E-state index in [1.807, 2.05) is 75.1 Å². The zero-order valence-corrected chi connectivity index (χ0v) is 89.1. The summed E-state index contributed by atoms with van der Waals surface area (Å²) in [6.07, 6.45) is 44.8. The Kier molecular flexibility index (Phi) is 42.4. The van der Waals surface area contributed by atoms with E-state index in [-0.39, 0.29) is 23.6 Å². The third-order valence-electron chi connectivity index (χ3n) is 28.2. The number of aryl methyl sites for hydroxylation is 1. The number of fused-ring (bicyclic) bond motifs is 4. The molecule has 4 heterocycles. The van der Waals surface area contributed by atoms with Gasteiger partial charge >= 0.3 is 0 Å². The Hall–Kier alpha value is -11.3. The third-order valence-corrected chi connectivity index (χ3v) is 29.2. The maximum atomic E-state index is 15.0. The number of carbonyl (C=O) groups is 4. The smallest absolute Gasteiger partial charge is 0.259 e. The number of nitrogens with zero attached hydrogens (tertiary/aromatic N) is 6. The minimum absolute atomic E-state index is 0.0498. The summed E-state index contributed by atoms with van der Waals surface area (Å²) in [4.78, 5) is 70.6. The van der Waals surface area contributed by atoms with Crippen LogP contribution >= 0.6 is 31.9 Å². The van der Waals surface area contributed by atoms with Crippen LogP contribution in [0.1, 0.15) is 312 Å². The number of halogens is 2. The van der Waals surface area contributed by atoms with Crippen molar-refractivity contribution in [1.82, 2.24) is 0 Å². The van der Waals surface area contributed by atoms with Crippen molar-refractivity contribution in [3.8, 4) is 11.5 Å². The van der Waals surface area contributed by atoms with Gasteiger partial charge in [-0.3, -0.25) is 19.2 Å². The van der Waals surface area contributed by atoms with Gasteiger partial charge in [0.05, 0.1) is 58.3 Å². The zero-order chi connectivity index (χ0) is 99.4. The van der Waals surface area contributed by atoms with Gasteiger partial charge in [-0.2, -0.15) is 0 Å². The summed E-state index contributed by atoms with van der Waals surface area (Å²) in [6, 6.07) is 75.7. The number of amides is 4. The predicted octanol–water partition coefficient (Wildman–Crippen LogP) is 35.9. The fourth-order valence-corrected chi connectivity index (χ4v) is 20.4.